The van der Waals surface area contributed by atoms with E-state index in [-0.39, 0.29) is 12.5 Å². The van der Waals surface area contributed by atoms with Crippen LogP contribution in [0.25, 0.3) is 0 Å². The minimum atomic E-state index is -0.275. The van der Waals surface area contributed by atoms with Crippen molar-refractivity contribution in [3.63, 3.8) is 0 Å². The summed E-state index contributed by atoms with van der Waals surface area (Å²) in [7, 11) is 0. The molecule has 0 unspecified atom stereocenters. The normalized spacial score (nSPS) is 10.2. The number of aromatic nitrogens is 1. The fraction of sp³-hybridized carbons (Fsp3) is 0.143. The van der Waals surface area contributed by atoms with Gasteiger partial charge in [0.1, 0.15) is 10.9 Å². The van der Waals surface area contributed by atoms with E-state index in [4.69, 9.17) is 27.9 Å². The molecule has 0 saturated carbocycles. The minimum Gasteiger partial charge on any atom is -0.483 e. The maximum absolute atomic E-state index is 11.7. The second kappa shape index (κ2) is 6.59. The van der Waals surface area contributed by atoms with Gasteiger partial charge in [-0.05, 0) is 42.8 Å². The molecule has 2 rings (SSSR count). The number of carbonyl (C=O) groups excluding carboxylic acids is 1. The molecule has 0 radical (unpaired) electrons. The van der Waals surface area contributed by atoms with E-state index < -0.39 is 0 Å². The Kier molecular flexibility index (Phi) is 4.82. The van der Waals surface area contributed by atoms with Crippen molar-refractivity contribution in [2.75, 3.05) is 11.9 Å². The van der Waals surface area contributed by atoms with Crippen LogP contribution >= 0.6 is 23.2 Å². The van der Waals surface area contributed by atoms with Crippen LogP contribution in [0, 0.1) is 6.92 Å². The lowest BCUT2D eigenvalue weighted by atomic mass is 10.2. The van der Waals surface area contributed by atoms with Crippen LogP contribution in [-0.2, 0) is 4.79 Å². The first-order valence-electron chi connectivity index (χ1n) is 5.85. The number of aryl methyl sites for hydroxylation is 1. The number of hydrogen-bond donors (Lipinski definition) is 1. The van der Waals surface area contributed by atoms with Gasteiger partial charge in [0.2, 0.25) is 0 Å². The maximum atomic E-state index is 11.7. The van der Waals surface area contributed by atoms with E-state index in [9.17, 15) is 4.79 Å². The third-order valence-corrected chi connectivity index (χ3v) is 2.97. The van der Waals surface area contributed by atoms with Crippen LogP contribution in [0.2, 0.25) is 10.2 Å². The molecular weight excluding hydrogens is 299 g/mol. The Morgan fingerprint density at radius 3 is 2.75 bits per heavy atom. The summed E-state index contributed by atoms with van der Waals surface area (Å²) >= 11 is 11.5. The van der Waals surface area contributed by atoms with Crippen LogP contribution in [0.5, 0.6) is 5.75 Å². The number of ether oxygens (including phenoxy) is 1. The molecule has 6 heteroatoms. The average molecular weight is 311 g/mol. The molecule has 1 heterocycles. The zero-order chi connectivity index (χ0) is 14.5. The minimum absolute atomic E-state index is 0.0922. The highest BCUT2D eigenvalue weighted by Gasteiger charge is 2.06. The van der Waals surface area contributed by atoms with E-state index in [0.29, 0.717) is 21.6 Å². The Hall–Kier alpha value is -1.78. The molecule has 1 aromatic carbocycles. The first-order chi connectivity index (χ1) is 9.54. The number of amides is 1. The number of carbonyl (C=O) groups is 1. The molecule has 0 aliphatic heterocycles. The van der Waals surface area contributed by atoms with Gasteiger partial charge in [0.25, 0.3) is 5.91 Å². The van der Waals surface area contributed by atoms with Crippen molar-refractivity contribution >= 4 is 34.8 Å². The molecule has 104 valence electrons. The summed E-state index contributed by atoms with van der Waals surface area (Å²) in [5.74, 6) is 0.349. The molecule has 0 fully saturated rings. The summed E-state index contributed by atoms with van der Waals surface area (Å²) in [4.78, 5) is 15.6. The monoisotopic (exact) mass is 310 g/mol. The third-order valence-electron chi connectivity index (χ3n) is 2.51. The van der Waals surface area contributed by atoms with E-state index >= 15 is 0 Å². The van der Waals surface area contributed by atoms with E-state index in [1.54, 1.807) is 30.3 Å². The lowest BCUT2D eigenvalue weighted by Gasteiger charge is -2.09. The summed E-state index contributed by atoms with van der Waals surface area (Å²) in [6.07, 6.45) is 1.48. The van der Waals surface area contributed by atoms with Gasteiger partial charge in [-0.2, -0.15) is 0 Å². The van der Waals surface area contributed by atoms with Crippen LogP contribution in [0.15, 0.2) is 36.5 Å². The fourth-order valence-corrected chi connectivity index (χ4v) is 1.90. The molecule has 0 saturated heterocycles. The van der Waals surface area contributed by atoms with Gasteiger partial charge >= 0.3 is 0 Å². The molecule has 1 amide bonds. The second-order valence-electron chi connectivity index (χ2n) is 4.12. The summed E-state index contributed by atoms with van der Waals surface area (Å²) < 4.78 is 5.43. The highest BCUT2D eigenvalue weighted by Crippen LogP contribution is 2.21. The zero-order valence-electron chi connectivity index (χ0n) is 10.7. The third kappa shape index (κ3) is 4.11. The molecule has 0 aliphatic carbocycles. The smallest absolute Gasteiger partial charge is 0.262 e. The number of benzene rings is 1. The summed E-state index contributed by atoms with van der Waals surface area (Å²) in [5.41, 5.74) is 1.44. The molecule has 0 bridgehead atoms. The number of nitrogens with one attached hydrogen (secondary N) is 1. The SMILES string of the molecule is Cc1cc(Cl)ccc1OCC(=O)Nc1ccc(Cl)nc1. The predicted molar refractivity (Wildman–Crippen MR) is 79.6 cm³/mol. The van der Waals surface area contributed by atoms with Gasteiger partial charge in [0, 0.05) is 5.02 Å². The predicted octanol–water partition coefficient (Wildman–Crippen LogP) is 3.71. The molecule has 20 heavy (non-hydrogen) atoms. The van der Waals surface area contributed by atoms with E-state index in [2.05, 4.69) is 10.3 Å². The van der Waals surface area contributed by atoms with Crippen molar-refractivity contribution in [3.05, 3.63) is 52.3 Å². The van der Waals surface area contributed by atoms with Crippen LogP contribution in [0.3, 0.4) is 0 Å². The van der Waals surface area contributed by atoms with Crippen molar-refractivity contribution in [2.45, 2.75) is 6.92 Å². The Morgan fingerprint density at radius 2 is 2.10 bits per heavy atom. The molecule has 2 aromatic rings. The summed E-state index contributed by atoms with van der Waals surface area (Å²) in [6.45, 7) is 1.77. The van der Waals surface area contributed by atoms with Gasteiger partial charge in [-0.15, -0.1) is 0 Å². The van der Waals surface area contributed by atoms with E-state index in [0.717, 1.165) is 5.56 Å². The Balaban J connectivity index is 1.90. The van der Waals surface area contributed by atoms with Gasteiger partial charge in [0.15, 0.2) is 6.61 Å². The lowest BCUT2D eigenvalue weighted by Crippen LogP contribution is -2.20. The standard InChI is InChI=1S/C14H12Cl2N2O2/c1-9-6-10(15)2-4-12(9)20-8-14(19)18-11-3-5-13(16)17-7-11/h2-7H,8H2,1H3,(H,18,19). The molecular formula is C14H12Cl2N2O2. The van der Waals surface area contributed by atoms with Gasteiger partial charge in [-0.25, -0.2) is 4.98 Å². The van der Waals surface area contributed by atoms with Crippen LogP contribution in [0.4, 0.5) is 5.69 Å². The molecule has 1 N–H and O–H groups in total. The number of pyridine rings is 1. The highest BCUT2D eigenvalue weighted by atomic mass is 35.5. The quantitative estimate of drug-likeness (QED) is 0.876. The van der Waals surface area contributed by atoms with Crippen molar-refractivity contribution in [2.24, 2.45) is 0 Å². The van der Waals surface area contributed by atoms with Crippen molar-refractivity contribution in [1.82, 2.24) is 4.98 Å². The van der Waals surface area contributed by atoms with E-state index in [1.165, 1.54) is 6.20 Å². The first kappa shape index (κ1) is 14.6. The van der Waals surface area contributed by atoms with Crippen LogP contribution in [0.1, 0.15) is 5.56 Å². The van der Waals surface area contributed by atoms with Crippen molar-refractivity contribution < 1.29 is 9.53 Å². The van der Waals surface area contributed by atoms with Gasteiger partial charge < -0.3 is 10.1 Å². The van der Waals surface area contributed by atoms with E-state index in [1.807, 2.05) is 6.92 Å². The summed E-state index contributed by atoms with van der Waals surface area (Å²) in [5, 5.41) is 3.66. The van der Waals surface area contributed by atoms with Crippen molar-refractivity contribution in [3.8, 4) is 5.75 Å². The summed E-state index contributed by atoms with van der Waals surface area (Å²) in [6, 6.07) is 8.49. The number of halogens is 2. The molecule has 0 spiro atoms. The Bertz CT molecular complexity index is 615. The van der Waals surface area contributed by atoms with Crippen LogP contribution in [-0.4, -0.2) is 17.5 Å². The number of anilines is 1. The molecule has 0 aliphatic rings. The van der Waals surface area contributed by atoms with Crippen molar-refractivity contribution in [1.29, 1.82) is 0 Å². The topological polar surface area (TPSA) is 51.2 Å². The van der Waals surface area contributed by atoms with Gasteiger partial charge in [-0.1, -0.05) is 23.2 Å². The second-order valence-corrected chi connectivity index (χ2v) is 4.94. The fourth-order valence-electron chi connectivity index (χ4n) is 1.56. The average Bonchev–Trinajstić information content (AvgIpc) is 2.40. The molecule has 0 atom stereocenters. The number of hydrogen-bond acceptors (Lipinski definition) is 3. The number of nitrogens with zero attached hydrogens (tertiary/aromatic N) is 1. The Morgan fingerprint density at radius 1 is 1.30 bits per heavy atom. The van der Waals surface area contributed by atoms with Crippen LogP contribution < -0.4 is 10.1 Å². The maximum Gasteiger partial charge on any atom is 0.262 e. The zero-order valence-corrected chi connectivity index (χ0v) is 12.2. The molecule has 4 nitrogen and oxygen atoms in total. The first-order valence-corrected chi connectivity index (χ1v) is 6.60. The lowest BCUT2D eigenvalue weighted by molar-refractivity contribution is -0.118. The van der Waals surface area contributed by atoms with Gasteiger partial charge in [0.05, 0.1) is 11.9 Å². The largest absolute Gasteiger partial charge is 0.483 e. The Labute approximate surface area is 126 Å². The molecule has 1 aromatic heterocycles. The highest BCUT2D eigenvalue weighted by molar-refractivity contribution is 6.30. The van der Waals surface area contributed by atoms with Gasteiger partial charge in [-0.3, -0.25) is 4.79 Å². The number of rotatable bonds is 4.